The van der Waals surface area contributed by atoms with Crippen molar-refractivity contribution in [2.45, 2.75) is 36.7 Å². The lowest BCUT2D eigenvalue weighted by atomic mass is 10.1. The first-order valence-corrected chi connectivity index (χ1v) is 12.0. The molecule has 1 unspecified atom stereocenters. The Morgan fingerprint density at radius 1 is 1.18 bits per heavy atom. The Kier molecular flexibility index (Phi) is 7.63. The number of urea groups is 1. The van der Waals surface area contributed by atoms with Crippen molar-refractivity contribution in [3.05, 3.63) is 95.4 Å². The summed E-state index contributed by atoms with van der Waals surface area (Å²) in [5, 5.41) is 7.85. The standard InChI is InChI=1S/C24H24F3N3O3S/c1-4-21(26)22(14(2)25)15(3)29-24(31)30-18-7-9-19(10-8-18)34(32,33)13-17-6-5-16-11-28-12-20(16)23(17)27/h4-10,15,28H,1-2,11-13H2,3H3,(H2,29,30,31)/b22-21-. The number of carbonyl (C=O) groups excluding carboxylic acids is 1. The van der Waals surface area contributed by atoms with Gasteiger partial charge in [0, 0.05) is 35.5 Å². The normalized spacial score (nSPS) is 14.6. The van der Waals surface area contributed by atoms with E-state index in [0.717, 1.165) is 11.6 Å². The van der Waals surface area contributed by atoms with E-state index in [1.54, 1.807) is 6.07 Å². The van der Waals surface area contributed by atoms with Crippen LogP contribution in [0.3, 0.4) is 0 Å². The van der Waals surface area contributed by atoms with Crippen LogP contribution in [0.15, 0.2) is 77.8 Å². The number of amides is 2. The molecule has 0 spiro atoms. The Balaban J connectivity index is 1.68. The molecule has 34 heavy (non-hydrogen) atoms. The Bertz CT molecular complexity index is 1270. The predicted molar refractivity (Wildman–Crippen MR) is 124 cm³/mol. The molecule has 0 fully saturated rings. The number of rotatable bonds is 8. The average molecular weight is 492 g/mol. The van der Waals surface area contributed by atoms with Crippen molar-refractivity contribution in [3.63, 3.8) is 0 Å². The third-order valence-electron chi connectivity index (χ3n) is 5.36. The molecule has 10 heteroatoms. The van der Waals surface area contributed by atoms with Crippen LogP contribution >= 0.6 is 0 Å². The quantitative estimate of drug-likeness (QED) is 0.463. The van der Waals surface area contributed by atoms with Crippen LogP contribution in [0.25, 0.3) is 0 Å². The molecule has 0 saturated heterocycles. The molecule has 2 aromatic rings. The molecule has 1 aliphatic rings. The Labute approximate surface area is 196 Å². The summed E-state index contributed by atoms with van der Waals surface area (Å²) in [7, 11) is -3.85. The second-order valence-electron chi connectivity index (χ2n) is 7.75. The number of nitrogens with one attached hydrogen (secondary N) is 3. The minimum atomic E-state index is -3.85. The van der Waals surface area contributed by atoms with Crippen LogP contribution in [0.1, 0.15) is 23.6 Å². The molecule has 2 amide bonds. The lowest BCUT2D eigenvalue weighted by molar-refractivity contribution is 0.250. The van der Waals surface area contributed by atoms with Gasteiger partial charge < -0.3 is 16.0 Å². The van der Waals surface area contributed by atoms with Crippen LogP contribution in [-0.4, -0.2) is 20.5 Å². The summed E-state index contributed by atoms with van der Waals surface area (Å²) in [5.74, 6) is -3.03. The first kappa shape index (κ1) is 25.3. The maximum atomic E-state index is 14.7. The summed E-state index contributed by atoms with van der Waals surface area (Å²) in [6, 6.07) is 6.66. The second kappa shape index (κ2) is 10.3. The molecular weight excluding hydrogens is 467 g/mol. The molecule has 3 rings (SSSR count). The van der Waals surface area contributed by atoms with Crippen molar-refractivity contribution in [2.75, 3.05) is 5.32 Å². The molecule has 1 aliphatic heterocycles. The van der Waals surface area contributed by atoms with Crippen LogP contribution < -0.4 is 16.0 Å². The van der Waals surface area contributed by atoms with Gasteiger partial charge in [0.05, 0.1) is 16.7 Å². The van der Waals surface area contributed by atoms with Gasteiger partial charge in [-0.25, -0.2) is 26.4 Å². The van der Waals surface area contributed by atoms with Gasteiger partial charge in [-0.05, 0) is 42.8 Å². The fraction of sp³-hybridized carbons (Fsp3) is 0.208. The first-order valence-electron chi connectivity index (χ1n) is 10.3. The summed E-state index contributed by atoms with van der Waals surface area (Å²) < 4.78 is 67.6. The zero-order chi connectivity index (χ0) is 25.0. The number of anilines is 1. The van der Waals surface area contributed by atoms with E-state index in [1.807, 2.05) is 0 Å². The molecule has 1 atom stereocenters. The van der Waals surface area contributed by atoms with Crippen molar-refractivity contribution >= 4 is 21.6 Å². The molecule has 2 aromatic carbocycles. The van der Waals surface area contributed by atoms with Gasteiger partial charge in [0.25, 0.3) is 0 Å². The monoisotopic (exact) mass is 491 g/mol. The van der Waals surface area contributed by atoms with E-state index in [0.29, 0.717) is 18.7 Å². The Hall–Kier alpha value is -3.37. The van der Waals surface area contributed by atoms with Gasteiger partial charge in [-0.3, -0.25) is 0 Å². The molecule has 1 heterocycles. The molecule has 0 radical (unpaired) electrons. The minimum absolute atomic E-state index is 0.0446. The summed E-state index contributed by atoms with van der Waals surface area (Å²) >= 11 is 0. The average Bonchev–Trinajstić information content (AvgIpc) is 3.25. The number of hydrogen-bond donors (Lipinski definition) is 3. The van der Waals surface area contributed by atoms with E-state index >= 15 is 0 Å². The molecule has 6 nitrogen and oxygen atoms in total. The SMILES string of the molecule is C=C/C(F)=C(\C(=C)F)C(C)NC(=O)Nc1ccc(S(=O)(=O)Cc2ccc3c(c2F)CNC3)cc1. The van der Waals surface area contributed by atoms with Crippen molar-refractivity contribution in [1.82, 2.24) is 10.6 Å². The van der Waals surface area contributed by atoms with Crippen LogP contribution in [-0.2, 0) is 28.7 Å². The number of carbonyl (C=O) groups is 1. The Morgan fingerprint density at radius 3 is 2.47 bits per heavy atom. The summed E-state index contributed by atoms with van der Waals surface area (Å²) in [6.07, 6.45) is 0.806. The molecular formula is C24H24F3N3O3S. The highest BCUT2D eigenvalue weighted by Gasteiger charge is 2.23. The van der Waals surface area contributed by atoms with E-state index in [-0.39, 0.29) is 16.1 Å². The van der Waals surface area contributed by atoms with E-state index in [9.17, 15) is 26.4 Å². The number of sulfone groups is 1. The third-order valence-corrected chi connectivity index (χ3v) is 7.05. The molecule has 3 N–H and O–H groups in total. The lowest BCUT2D eigenvalue weighted by Crippen LogP contribution is -2.37. The van der Waals surface area contributed by atoms with Crippen LogP contribution in [0.2, 0.25) is 0 Å². The van der Waals surface area contributed by atoms with Crippen LogP contribution in [0.4, 0.5) is 23.7 Å². The summed E-state index contributed by atoms with van der Waals surface area (Å²) in [6.45, 7) is 8.55. The van der Waals surface area contributed by atoms with Gasteiger partial charge in [-0.1, -0.05) is 25.3 Å². The van der Waals surface area contributed by atoms with E-state index in [4.69, 9.17) is 0 Å². The van der Waals surface area contributed by atoms with E-state index in [2.05, 4.69) is 29.1 Å². The minimum Gasteiger partial charge on any atom is -0.331 e. The van der Waals surface area contributed by atoms with E-state index < -0.39 is 50.7 Å². The van der Waals surface area contributed by atoms with Crippen molar-refractivity contribution in [2.24, 2.45) is 0 Å². The highest BCUT2D eigenvalue weighted by atomic mass is 32.2. The number of allylic oxidation sites excluding steroid dienone is 2. The highest BCUT2D eigenvalue weighted by molar-refractivity contribution is 7.90. The summed E-state index contributed by atoms with van der Waals surface area (Å²) in [4.78, 5) is 12.2. The number of halogens is 3. The fourth-order valence-electron chi connectivity index (χ4n) is 3.65. The molecule has 180 valence electrons. The molecule has 0 aromatic heterocycles. The number of fused-ring (bicyclic) bond motifs is 1. The molecule has 0 bridgehead atoms. The number of benzene rings is 2. The largest absolute Gasteiger partial charge is 0.331 e. The zero-order valence-corrected chi connectivity index (χ0v) is 19.2. The zero-order valence-electron chi connectivity index (χ0n) is 18.4. The van der Waals surface area contributed by atoms with Gasteiger partial charge in [-0.2, -0.15) is 0 Å². The van der Waals surface area contributed by atoms with Gasteiger partial charge in [-0.15, -0.1) is 0 Å². The molecule has 0 saturated carbocycles. The smallest absolute Gasteiger partial charge is 0.319 e. The van der Waals surface area contributed by atoms with Crippen LogP contribution in [0.5, 0.6) is 0 Å². The van der Waals surface area contributed by atoms with Gasteiger partial charge >= 0.3 is 6.03 Å². The number of hydrogen-bond acceptors (Lipinski definition) is 4. The topological polar surface area (TPSA) is 87.3 Å². The van der Waals surface area contributed by atoms with Gasteiger partial charge in [0.2, 0.25) is 0 Å². The van der Waals surface area contributed by atoms with Gasteiger partial charge in [0.15, 0.2) is 9.84 Å². The Morgan fingerprint density at radius 2 is 1.85 bits per heavy atom. The first-order chi connectivity index (χ1) is 16.0. The van der Waals surface area contributed by atoms with Gasteiger partial charge in [0.1, 0.15) is 17.5 Å². The fourth-order valence-corrected chi connectivity index (χ4v) is 5.00. The summed E-state index contributed by atoms with van der Waals surface area (Å²) in [5.41, 5.74) is 1.18. The maximum absolute atomic E-state index is 14.7. The third kappa shape index (κ3) is 5.57. The molecule has 0 aliphatic carbocycles. The second-order valence-corrected chi connectivity index (χ2v) is 9.74. The highest BCUT2D eigenvalue weighted by Crippen LogP contribution is 2.26. The van der Waals surface area contributed by atoms with Crippen molar-refractivity contribution < 1.29 is 26.4 Å². The maximum Gasteiger partial charge on any atom is 0.319 e. The lowest BCUT2D eigenvalue weighted by Gasteiger charge is -2.17. The predicted octanol–water partition coefficient (Wildman–Crippen LogP) is 4.81. The van der Waals surface area contributed by atoms with Crippen molar-refractivity contribution in [1.29, 1.82) is 0 Å². The van der Waals surface area contributed by atoms with Crippen LogP contribution in [0, 0.1) is 5.82 Å². The van der Waals surface area contributed by atoms with Crippen molar-refractivity contribution in [3.8, 4) is 0 Å². The van der Waals surface area contributed by atoms with E-state index in [1.165, 1.54) is 37.3 Å².